The average Bonchev–Trinajstić information content (AvgIpc) is 3.22. The molecule has 3 N–H and O–H groups in total. The second-order valence-corrected chi connectivity index (χ2v) is 7.84. The number of carbonyl (C=O) groups is 2. The van der Waals surface area contributed by atoms with Gasteiger partial charge in [0.2, 0.25) is 11.8 Å². The zero-order valence-electron chi connectivity index (χ0n) is 16.8. The van der Waals surface area contributed by atoms with Crippen molar-refractivity contribution in [2.75, 3.05) is 26.7 Å². The van der Waals surface area contributed by atoms with Gasteiger partial charge in [-0.2, -0.15) is 15.4 Å². The van der Waals surface area contributed by atoms with Crippen LogP contribution in [0.2, 0.25) is 0 Å². The maximum absolute atomic E-state index is 12.6. The van der Waals surface area contributed by atoms with Crippen LogP contribution < -0.4 is 10.6 Å². The number of piperidine rings is 1. The number of ether oxygens (including phenoxy) is 1. The second kappa shape index (κ2) is 9.97. The Morgan fingerprint density at radius 2 is 2.07 bits per heavy atom. The number of H-pyrrole nitrogens is 1. The third kappa shape index (κ3) is 5.51. The molecule has 9 heteroatoms. The number of amides is 2. The highest BCUT2D eigenvalue weighted by atomic mass is 16.5. The molecule has 0 bridgehead atoms. The summed E-state index contributed by atoms with van der Waals surface area (Å²) in [5, 5.41) is 17.1. The van der Waals surface area contributed by atoms with Crippen LogP contribution in [0.5, 0.6) is 0 Å². The summed E-state index contributed by atoms with van der Waals surface area (Å²) in [5.41, 5.74) is 0.847. The summed E-state index contributed by atoms with van der Waals surface area (Å²) < 4.78 is 5.69. The highest BCUT2D eigenvalue weighted by molar-refractivity contribution is 5.78. The van der Waals surface area contributed by atoms with E-state index in [0.717, 1.165) is 50.9 Å². The van der Waals surface area contributed by atoms with Crippen LogP contribution in [-0.2, 0) is 20.7 Å². The van der Waals surface area contributed by atoms with E-state index in [1.807, 2.05) is 4.90 Å². The first-order valence-electron chi connectivity index (χ1n) is 10.2. The average molecular weight is 393 g/mol. The fraction of sp³-hybridized carbons (Fsp3) is 0.789. The molecule has 1 aromatic rings. The molecule has 3 rings (SSSR count). The van der Waals surface area contributed by atoms with Gasteiger partial charge in [0.25, 0.3) is 0 Å². The molecule has 0 unspecified atom stereocenters. The largest absolute Gasteiger partial charge is 0.380 e. The Bertz CT molecular complexity index is 630. The molecule has 1 saturated heterocycles. The molecule has 1 saturated carbocycles. The van der Waals surface area contributed by atoms with Crippen molar-refractivity contribution in [2.45, 2.75) is 63.6 Å². The number of aromatic amines is 1. The Morgan fingerprint density at radius 1 is 1.29 bits per heavy atom. The quantitative estimate of drug-likeness (QED) is 0.613. The molecule has 2 heterocycles. The summed E-state index contributed by atoms with van der Waals surface area (Å²) in [5.74, 6) is 0.253. The Hall–Kier alpha value is -2.00. The van der Waals surface area contributed by atoms with Gasteiger partial charge in [0, 0.05) is 58.1 Å². The number of carbonyl (C=O) groups excluding carboxylic acids is 2. The normalized spacial score (nSPS) is 26.2. The minimum atomic E-state index is -0.00137. The van der Waals surface area contributed by atoms with Crippen molar-refractivity contribution in [1.29, 1.82) is 0 Å². The van der Waals surface area contributed by atoms with Crippen LogP contribution in [0.25, 0.3) is 0 Å². The topological polar surface area (TPSA) is 112 Å². The molecular weight excluding hydrogens is 360 g/mol. The molecular formula is C19H32N6O3. The number of hydrogen-bond acceptors (Lipinski definition) is 6. The number of hydrogen-bond donors (Lipinski definition) is 3. The summed E-state index contributed by atoms with van der Waals surface area (Å²) >= 11 is 0. The van der Waals surface area contributed by atoms with Crippen LogP contribution in [0.4, 0.5) is 0 Å². The molecule has 3 atom stereocenters. The third-order valence-corrected chi connectivity index (χ3v) is 6.00. The van der Waals surface area contributed by atoms with Crippen molar-refractivity contribution in [2.24, 2.45) is 5.92 Å². The van der Waals surface area contributed by atoms with Gasteiger partial charge >= 0.3 is 0 Å². The maximum Gasteiger partial charge on any atom is 0.223 e. The predicted molar refractivity (Wildman–Crippen MR) is 103 cm³/mol. The SMILES string of the molecule is CO[C@@H]1CC[C@H](C(=O)NCCc2cn[nH]n2)C[C@H]1NC1CCN(C(C)=O)CC1. The Labute approximate surface area is 166 Å². The van der Waals surface area contributed by atoms with Crippen LogP contribution in [0.3, 0.4) is 0 Å². The predicted octanol–water partition coefficient (Wildman–Crippen LogP) is 0.248. The number of rotatable bonds is 7. The number of nitrogens with one attached hydrogen (secondary N) is 3. The number of likely N-dealkylation sites (tertiary alicyclic amines) is 1. The van der Waals surface area contributed by atoms with Gasteiger partial charge < -0.3 is 20.3 Å². The van der Waals surface area contributed by atoms with Crippen molar-refractivity contribution in [3.63, 3.8) is 0 Å². The van der Waals surface area contributed by atoms with E-state index in [1.165, 1.54) is 0 Å². The van der Waals surface area contributed by atoms with Crippen molar-refractivity contribution < 1.29 is 14.3 Å². The van der Waals surface area contributed by atoms with Crippen molar-refractivity contribution in [3.05, 3.63) is 11.9 Å². The zero-order chi connectivity index (χ0) is 19.9. The highest BCUT2D eigenvalue weighted by Crippen LogP contribution is 2.28. The first-order valence-corrected chi connectivity index (χ1v) is 10.2. The fourth-order valence-electron chi connectivity index (χ4n) is 4.31. The van der Waals surface area contributed by atoms with E-state index in [-0.39, 0.29) is 29.9 Å². The summed E-state index contributed by atoms with van der Waals surface area (Å²) in [4.78, 5) is 26.0. The van der Waals surface area contributed by atoms with Crippen LogP contribution in [0, 0.1) is 5.92 Å². The van der Waals surface area contributed by atoms with Gasteiger partial charge in [0.05, 0.1) is 18.0 Å². The Balaban J connectivity index is 1.46. The number of aromatic nitrogens is 3. The van der Waals surface area contributed by atoms with E-state index in [2.05, 4.69) is 26.0 Å². The van der Waals surface area contributed by atoms with E-state index in [4.69, 9.17) is 4.74 Å². The van der Waals surface area contributed by atoms with Crippen LogP contribution in [-0.4, -0.2) is 77.1 Å². The van der Waals surface area contributed by atoms with E-state index in [0.29, 0.717) is 19.0 Å². The first-order chi connectivity index (χ1) is 13.6. The Morgan fingerprint density at radius 3 is 2.71 bits per heavy atom. The first kappa shape index (κ1) is 20.7. The van der Waals surface area contributed by atoms with Crippen molar-refractivity contribution >= 4 is 11.8 Å². The van der Waals surface area contributed by atoms with Gasteiger partial charge in [-0.3, -0.25) is 9.59 Å². The molecule has 156 valence electrons. The summed E-state index contributed by atoms with van der Waals surface area (Å²) in [6.07, 6.45) is 6.87. The van der Waals surface area contributed by atoms with Crippen LogP contribution in [0.1, 0.15) is 44.7 Å². The highest BCUT2D eigenvalue weighted by Gasteiger charge is 2.35. The summed E-state index contributed by atoms with van der Waals surface area (Å²) in [6, 6.07) is 0.533. The second-order valence-electron chi connectivity index (χ2n) is 7.84. The minimum Gasteiger partial charge on any atom is -0.380 e. The molecule has 28 heavy (non-hydrogen) atoms. The molecule has 2 fully saturated rings. The molecule has 2 amide bonds. The van der Waals surface area contributed by atoms with Gasteiger partial charge in [-0.05, 0) is 32.1 Å². The van der Waals surface area contributed by atoms with Crippen molar-refractivity contribution in [1.82, 2.24) is 30.9 Å². The lowest BCUT2D eigenvalue weighted by molar-refractivity contribution is -0.130. The molecule has 1 aliphatic heterocycles. The van der Waals surface area contributed by atoms with Crippen LogP contribution in [0.15, 0.2) is 6.20 Å². The lowest BCUT2D eigenvalue weighted by atomic mass is 9.82. The van der Waals surface area contributed by atoms with Crippen LogP contribution >= 0.6 is 0 Å². The number of methoxy groups -OCH3 is 1. The fourth-order valence-corrected chi connectivity index (χ4v) is 4.31. The zero-order valence-corrected chi connectivity index (χ0v) is 16.8. The van der Waals surface area contributed by atoms with E-state index < -0.39 is 0 Å². The van der Waals surface area contributed by atoms with E-state index >= 15 is 0 Å². The minimum absolute atomic E-state index is 0.00137. The molecule has 2 aliphatic rings. The molecule has 9 nitrogen and oxygen atoms in total. The number of nitrogens with zero attached hydrogens (tertiary/aromatic N) is 3. The molecule has 0 aromatic carbocycles. The monoisotopic (exact) mass is 392 g/mol. The summed E-state index contributed by atoms with van der Waals surface area (Å²) in [6.45, 7) is 3.78. The molecule has 0 spiro atoms. The lowest BCUT2D eigenvalue weighted by Crippen LogP contribution is -2.54. The standard InChI is InChI=1S/C19H32N6O3/c1-13(26)25-9-6-15(7-10-25)22-17-11-14(3-4-18(17)28-2)19(27)20-8-5-16-12-21-24-23-16/h12,14-15,17-18,22H,3-11H2,1-2H3,(H,20,27)(H,21,23,24)/t14-,17+,18+/m0/s1. The molecule has 1 aromatic heterocycles. The Kier molecular flexibility index (Phi) is 7.38. The van der Waals surface area contributed by atoms with Gasteiger partial charge in [-0.1, -0.05) is 0 Å². The van der Waals surface area contributed by atoms with Gasteiger partial charge in [0.15, 0.2) is 0 Å². The van der Waals surface area contributed by atoms with E-state index in [9.17, 15) is 9.59 Å². The van der Waals surface area contributed by atoms with Crippen molar-refractivity contribution in [3.8, 4) is 0 Å². The third-order valence-electron chi connectivity index (χ3n) is 6.00. The van der Waals surface area contributed by atoms with Gasteiger partial charge in [0.1, 0.15) is 0 Å². The lowest BCUT2D eigenvalue weighted by Gasteiger charge is -2.40. The van der Waals surface area contributed by atoms with Gasteiger partial charge in [-0.25, -0.2) is 0 Å². The summed E-state index contributed by atoms with van der Waals surface area (Å²) in [7, 11) is 1.75. The van der Waals surface area contributed by atoms with E-state index in [1.54, 1.807) is 20.2 Å². The van der Waals surface area contributed by atoms with Gasteiger partial charge in [-0.15, -0.1) is 0 Å². The smallest absolute Gasteiger partial charge is 0.223 e. The molecule has 0 radical (unpaired) electrons. The maximum atomic E-state index is 12.6. The molecule has 1 aliphatic carbocycles.